The van der Waals surface area contributed by atoms with Crippen molar-refractivity contribution in [2.45, 2.75) is 12.8 Å². The Balaban J connectivity index is 1.70. The van der Waals surface area contributed by atoms with Gasteiger partial charge in [-0.3, -0.25) is 4.90 Å². The van der Waals surface area contributed by atoms with E-state index >= 15 is 0 Å². The molecule has 2 nitrogen and oxygen atoms in total. The maximum absolute atomic E-state index is 13.2. The molecule has 18 heavy (non-hydrogen) atoms. The summed E-state index contributed by atoms with van der Waals surface area (Å²) in [6.45, 7) is 3.43. The van der Waals surface area contributed by atoms with Crippen LogP contribution in [0.15, 0.2) is 30.4 Å². The van der Waals surface area contributed by atoms with Crippen molar-refractivity contribution in [2.75, 3.05) is 26.2 Å². The lowest BCUT2D eigenvalue weighted by atomic mass is 10.2. The molecule has 1 aliphatic rings. The van der Waals surface area contributed by atoms with E-state index in [1.807, 2.05) is 0 Å². The summed E-state index contributed by atoms with van der Waals surface area (Å²) in [5.74, 6) is -1.11. The van der Waals surface area contributed by atoms with E-state index in [0.717, 1.165) is 38.5 Å². The minimum Gasteiger partial charge on any atom is -0.490 e. The van der Waals surface area contributed by atoms with Gasteiger partial charge in [-0.1, -0.05) is 12.2 Å². The predicted molar refractivity (Wildman–Crippen MR) is 66.7 cm³/mol. The van der Waals surface area contributed by atoms with E-state index < -0.39 is 11.6 Å². The van der Waals surface area contributed by atoms with Gasteiger partial charge in [0, 0.05) is 25.7 Å². The van der Waals surface area contributed by atoms with Crippen molar-refractivity contribution < 1.29 is 13.5 Å². The second-order valence-corrected chi connectivity index (χ2v) is 4.34. The SMILES string of the molecule is Fc1ccc(OCCCN2CC=CCC2)c(F)c1. The van der Waals surface area contributed by atoms with Gasteiger partial charge in [0.1, 0.15) is 5.82 Å². The lowest BCUT2D eigenvalue weighted by Gasteiger charge is -2.22. The fourth-order valence-electron chi connectivity index (χ4n) is 1.96. The highest BCUT2D eigenvalue weighted by Gasteiger charge is 2.07. The van der Waals surface area contributed by atoms with E-state index in [2.05, 4.69) is 17.1 Å². The molecule has 0 aromatic heterocycles. The number of halogens is 2. The average molecular weight is 253 g/mol. The first-order valence-electron chi connectivity index (χ1n) is 6.21. The standard InChI is InChI=1S/C14H17F2NO/c15-12-5-6-14(13(16)11-12)18-10-4-9-17-7-2-1-3-8-17/h1-2,5-6,11H,3-4,7-10H2. The van der Waals surface area contributed by atoms with Crippen LogP contribution in [0.2, 0.25) is 0 Å². The van der Waals surface area contributed by atoms with Gasteiger partial charge in [-0.25, -0.2) is 8.78 Å². The molecule has 1 heterocycles. The fraction of sp³-hybridized carbons (Fsp3) is 0.429. The number of hydrogen-bond acceptors (Lipinski definition) is 2. The Morgan fingerprint density at radius 2 is 2.11 bits per heavy atom. The highest BCUT2D eigenvalue weighted by atomic mass is 19.1. The molecular weight excluding hydrogens is 236 g/mol. The Labute approximate surface area is 106 Å². The van der Waals surface area contributed by atoms with Gasteiger partial charge in [0.2, 0.25) is 0 Å². The third-order valence-corrected chi connectivity index (χ3v) is 2.91. The van der Waals surface area contributed by atoms with Crippen molar-refractivity contribution in [1.82, 2.24) is 4.90 Å². The number of hydrogen-bond donors (Lipinski definition) is 0. The molecule has 1 aliphatic heterocycles. The van der Waals surface area contributed by atoms with Crippen molar-refractivity contribution in [3.8, 4) is 5.75 Å². The smallest absolute Gasteiger partial charge is 0.167 e. The summed E-state index contributed by atoms with van der Waals surface area (Å²) in [4.78, 5) is 2.32. The molecule has 0 saturated heterocycles. The summed E-state index contributed by atoms with van der Waals surface area (Å²) in [7, 11) is 0. The minimum atomic E-state index is -0.643. The first-order chi connectivity index (χ1) is 8.75. The van der Waals surface area contributed by atoms with Crippen LogP contribution in [0, 0.1) is 11.6 Å². The summed E-state index contributed by atoms with van der Waals surface area (Å²) in [6.07, 6.45) is 6.27. The third-order valence-electron chi connectivity index (χ3n) is 2.91. The first kappa shape index (κ1) is 13.0. The van der Waals surface area contributed by atoms with E-state index in [1.54, 1.807) is 0 Å². The second-order valence-electron chi connectivity index (χ2n) is 4.34. The minimum absolute atomic E-state index is 0.120. The monoisotopic (exact) mass is 253 g/mol. The zero-order valence-corrected chi connectivity index (χ0v) is 10.2. The molecule has 0 radical (unpaired) electrons. The lowest BCUT2D eigenvalue weighted by molar-refractivity contribution is 0.241. The summed E-state index contributed by atoms with van der Waals surface area (Å²) >= 11 is 0. The van der Waals surface area contributed by atoms with Crippen LogP contribution in [0.3, 0.4) is 0 Å². The van der Waals surface area contributed by atoms with Crippen LogP contribution >= 0.6 is 0 Å². The van der Waals surface area contributed by atoms with Gasteiger partial charge < -0.3 is 4.74 Å². The van der Waals surface area contributed by atoms with Crippen LogP contribution < -0.4 is 4.74 Å². The number of ether oxygens (including phenoxy) is 1. The van der Waals surface area contributed by atoms with Gasteiger partial charge in [0.25, 0.3) is 0 Å². The van der Waals surface area contributed by atoms with Crippen molar-refractivity contribution >= 4 is 0 Å². The first-order valence-corrected chi connectivity index (χ1v) is 6.21. The number of benzene rings is 1. The van der Waals surface area contributed by atoms with Gasteiger partial charge in [0.15, 0.2) is 11.6 Å². The molecule has 0 amide bonds. The van der Waals surface area contributed by atoms with Crippen LogP contribution in [0.4, 0.5) is 8.78 Å². The molecule has 0 saturated carbocycles. The number of nitrogens with zero attached hydrogens (tertiary/aromatic N) is 1. The normalized spacial score (nSPS) is 15.9. The molecule has 0 spiro atoms. The summed E-state index contributed by atoms with van der Waals surface area (Å²) < 4.78 is 31.2. The summed E-state index contributed by atoms with van der Waals surface area (Å²) in [5, 5.41) is 0. The van der Waals surface area contributed by atoms with Gasteiger partial charge in [0.05, 0.1) is 6.61 Å². The molecule has 4 heteroatoms. The van der Waals surface area contributed by atoms with Crippen molar-refractivity contribution in [3.63, 3.8) is 0 Å². The molecule has 2 rings (SSSR count). The van der Waals surface area contributed by atoms with E-state index in [1.165, 1.54) is 12.1 Å². The molecule has 0 aliphatic carbocycles. The van der Waals surface area contributed by atoms with E-state index in [-0.39, 0.29) is 5.75 Å². The zero-order valence-electron chi connectivity index (χ0n) is 10.2. The summed E-state index contributed by atoms with van der Waals surface area (Å²) in [6, 6.07) is 3.37. The molecule has 98 valence electrons. The molecule has 0 atom stereocenters. The highest BCUT2D eigenvalue weighted by molar-refractivity contribution is 5.24. The van der Waals surface area contributed by atoms with Crippen molar-refractivity contribution in [3.05, 3.63) is 42.0 Å². The van der Waals surface area contributed by atoms with Crippen LogP contribution in [0.25, 0.3) is 0 Å². The van der Waals surface area contributed by atoms with Crippen molar-refractivity contribution in [2.24, 2.45) is 0 Å². The third kappa shape index (κ3) is 3.81. The van der Waals surface area contributed by atoms with E-state index in [9.17, 15) is 8.78 Å². The second kappa shape index (κ2) is 6.50. The van der Waals surface area contributed by atoms with Gasteiger partial charge in [-0.2, -0.15) is 0 Å². The number of rotatable bonds is 5. The molecule has 0 N–H and O–H groups in total. The Hall–Kier alpha value is -1.42. The molecule has 0 unspecified atom stereocenters. The Kier molecular flexibility index (Phi) is 4.70. The predicted octanol–water partition coefficient (Wildman–Crippen LogP) is 3.00. The maximum Gasteiger partial charge on any atom is 0.167 e. The molecule has 0 fully saturated rings. The highest BCUT2D eigenvalue weighted by Crippen LogP contribution is 2.17. The van der Waals surface area contributed by atoms with Crippen LogP contribution in [-0.2, 0) is 0 Å². The largest absolute Gasteiger partial charge is 0.490 e. The Morgan fingerprint density at radius 1 is 1.22 bits per heavy atom. The molecule has 0 bridgehead atoms. The van der Waals surface area contributed by atoms with E-state index in [0.29, 0.717) is 6.61 Å². The van der Waals surface area contributed by atoms with Gasteiger partial charge >= 0.3 is 0 Å². The van der Waals surface area contributed by atoms with Crippen LogP contribution in [0.5, 0.6) is 5.75 Å². The topological polar surface area (TPSA) is 12.5 Å². The molecular formula is C14H17F2NO. The van der Waals surface area contributed by atoms with Gasteiger partial charge in [-0.05, 0) is 25.0 Å². The summed E-state index contributed by atoms with van der Waals surface area (Å²) in [5.41, 5.74) is 0. The molecule has 1 aromatic carbocycles. The van der Waals surface area contributed by atoms with Crippen LogP contribution in [0.1, 0.15) is 12.8 Å². The van der Waals surface area contributed by atoms with Crippen LogP contribution in [-0.4, -0.2) is 31.1 Å². The van der Waals surface area contributed by atoms with Gasteiger partial charge in [-0.15, -0.1) is 0 Å². The van der Waals surface area contributed by atoms with Crippen molar-refractivity contribution in [1.29, 1.82) is 0 Å². The fourth-order valence-corrected chi connectivity index (χ4v) is 1.96. The lowest BCUT2D eigenvalue weighted by Crippen LogP contribution is -2.29. The maximum atomic E-state index is 13.2. The quantitative estimate of drug-likeness (QED) is 0.591. The van der Waals surface area contributed by atoms with E-state index in [4.69, 9.17) is 4.74 Å². The Bertz CT molecular complexity index is 420. The Morgan fingerprint density at radius 3 is 2.83 bits per heavy atom. The average Bonchev–Trinajstić information content (AvgIpc) is 2.38. The zero-order chi connectivity index (χ0) is 12.8. The molecule has 1 aromatic rings.